The summed E-state index contributed by atoms with van der Waals surface area (Å²) in [6.07, 6.45) is 1.68. The highest BCUT2D eigenvalue weighted by Crippen LogP contribution is 2.37. The quantitative estimate of drug-likeness (QED) is 0.745. The normalized spacial score (nSPS) is 22.1. The molecule has 2 heterocycles. The summed E-state index contributed by atoms with van der Waals surface area (Å²) in [6, 6.07) is 5.62. The second-order valence-corrected chi connectivity index (χ2v) is 4.17. The Morgan fingerprint density at radius 1 is 1.24 bits per heavy atom. The van der Waals surface area contributed by atoms with Crippen LogP contribution in [0.5, 0.6) is 11.5 Å². The molecule has 2 aliphatic heterocycles. The molecule has 0 radical (unpaired) electrons. The van der Waals surface area contributed by atoms with Gasteiger partial charge >= 0.3 is 0 Å². The third-order valence-electron chi connectivity index (χ3n) is 2.99. The maximum absolute atomic E-state index is 11.6. The molecule has 0 saturated heterocycles. The standard InChI is InChI=1S/C13H12O4/c1-8-6-15-12(5-10(8)14)9-2-3-11-13(4-9)17-7-16-11/h2-4,6,12H,5,7H2,1H3. The van der Waals surface area contributed by atoms with Crippen LogP contribution in [0.4, 0.5) is 0 Å². The Kier molecular flexibility index (Phi) is 2.28. The summed E-state index contributed by atoms with van der Waals surface area (Å²) >= 11 is 0. The monoisotopic (exact) mass is 232 g/mol. The molecule has 1 unspecified atom stereocenters. The summed E-state index contributed by atoms with van der Waals surface area (Å²) in [4.78, 5) is 11.6. The molecule has 0 saturated carbocycles. The Morgan fingerprint density at radius 3 is 2.88 bits per heavy atom. The van der Waals surface area contributed by atoms with Crippen molar-refractivity contribution in [1.29, 1.82) is 0 Å². The number of carbonyl (C=O) groups excluding carboxylic acids is 1. The van der Waals surface area contributed by atoms with Crippen molar-refractivity contribution in [3.05, 3.63) is 35.6 Å². The largest absolute Gasteiger partial charge is 0.492 e. The Bertz CT molecular complexity index is 504. The number of Topliss-reactive ketones (excluding diaryl/α,β-unsaturated/α-hetero) is 1. The van der Waals surface area contributed by atoms with E-state index >= 15 is 0 Å². The van der Waals surface area contributed by atoms with E-state index in [1.54, 1.807) is 6.92 Å². The molecule has 17 heavy (non-hydrogen) atoms. The summed E-state index contributed by atoms with van der Waals surface area (Å²) in [7, 11) is 0. The third-order valence-corrected chi connectivity index (χ3v) is 2.99. The van der Waals surface area contributed by atoms with E-state index in [1.807, 2.05) is 18.2 Å². The Morgan fingerprint density at radius 2 is 2.06 bits per heavy atom. The van der Waals surface area contributed by atoms with Gasteiger partial charge in [-0.2, -0.15) is 0 Å². The van der Waals surface area contributed by atoms with Crippen molar-refractivity contribution in [2.75, 3.05) is 6.79 Å². The van der Waals surface area contributed by atoms with Crippen LogP contribution in [0.15, 0.2) is 30.0 Å². The molecule has 1 aromatic rings. The van der Waals surface area contributed by atoms with E-state index in [1.165, 1.54) is 6.26 Å². The SMILES string of the molecule is CC1=COC(c2ccc3c(c2)OCO3)CC1=O. The molecule has 2 aliphatic rings. The van der Waals surface area contributed by atoms with Gasteiger partial charge in [0.2, 0.25) is 6.79 Å². The van der Waals surface area contributed by atoms with E-state index in [0.29, 0.717) is 17.7 Å². The summed E-state index contributed by atoms with van der Waals surface area (Å²) < 4.78 is 16.1. The summed E-state index contributed by atoms with van der Waals surface area (Å²) in [5.74, 6) is 1.58. The van der Waals surface area contributed by atoms with Crippen molar-refractivity contribution in [2.24, 2.45) is 0 Å². The highest BCUT2D eigenvalue weighted by atomic mass is 16.7. The van der Waals surface area contributed by atoms with E-state index < -0.39 is 0 Å². The van der Waals surface area contributed by atoms with Crippen molar-refractivity contribution < 1.29 is 19.0 Å². The van der Waals surface area contributed by atoms with Gasteiger partial charge in [-0.05, 0) is 24.6 Å². The maximum Gasteiger partial charge on any atom is 0.231 e. The van der Waals surface area contributed by atoms with Crippen molar-refractivity contribution in [3.63, 3.8) is 0 Å². The van der Waals surface area contributed by atoms with Gasteiger partial charge in [0.1, 0.15) is 6.10 Å². The number of carbonyl (C=O) groups is 1. The summed E-state index contributed by atoms with van der Waals surface area (Å²) in [6.45, 7) is 2.01. The molecule has 0 aliphatic carbocycles. The first-order valence-corrected chi connectivity index (χ1v) is 5.49. The van der Waals surface area contributed by atoms with Gasteiger partial charge in [-0.1, -0.05) is 6.07 Å². The zero-order valence-corrected chi connectivity index (χ0v) is 9.43. The highest BCUT2D eigenvalue weighted by molar-refractivity contribution is 5.95. The molecule has 0 spiro atoms. The lowest BCUT2D eigenvalue weighted by Crippen LogP contribution is -2.14. The average molecular weight is 232 g/mol. The molecule has 4 nitrogen and oxygen atoms in total. The van der Waals surface area contributed by atoms with E-state index in [4.69, 9.17) is 14.2 Å². The van der Waals surface area contributed by atoms with Gasteiger partial charge in [-0.3, -0.25) is 4.79 Å². The predicted octanol–water partition coefficient (Wildman–Crippen LogP) is 2.35. The first kappa shape index (κ1) is 10.2. The first-order valence-electron chi connectivity index (χ1n) is 5.49. The van der Waals surface area contributed by atoms with Crippen LogP contribution in [0.1, 0.15) is 25.0 Å². The third kappa shape index (κ3) is 1.75. The number of rotatable bonds is 1. The fourth-order valence-electron chi connectivity index (χ4n) is 1.94. The van der Waals surface area contributed by atoms with Gasteiger partial charge < -0.3 is 14.2 Å². The lowest BCUT2D eigenvalue weighted by atomic mass is 9.99. The second-order valence-electron chi connectivity index (χ2n) is 4.17. The van der Waals surface area contributed by atoms with Crippen LogP contribution in [0, 0.1) is 0 Å². The molecular formula is C13H12O4. The molecule has 0 amide bonds. The minimum absolute atomic E-state index is 0.124. The Labute approximate surface area is 98.8 Å². The van der Waals surface area contributed by atoms with Crippen molar-refractivity contribution in [3.8, 4) is 11.5 Å². The smallest absolute Gasteiger partial charge is 0.231 e. The Hall–Kier alpha value is -1.97. The fourth-order valence-corrected chi connectivity index (χ4v) is 1.94. The number of hydrogen-bond donors (Lipinski definition) is 0. The van der Waals surface area contributed by atoms with E-state index in [-0.39, 0.29) is 18.7 Å². The van der Waals surface area contributed by atoms with E-state index in [9.17, 15) is 4.79 Å². The zero-order valence-electron chi connectivity index (χ0n) is 9.43. The van der Waals surface area contributed by atoms with Gasteiger partial charge in [0.15, 0.2) is 17.3 Å². The maximum atomic E-state index is 11.6. The van der Waals surface area contributed by atoms with Crippen LogP contribution in [-0.4, -0.2) is 12.6 Å². The number of ether oxygens (including phenoxy) is 3. The highest BCUT2D eigenvalue weighted by Gasteiger charge is 2.24. The van der Waals surface area contributed by atoms with Crippen molar-refractivity contribution in [2.45, 2.75) is 19.4 Å². The minimum atomic E-state index is -0.222. The molecule has 88 valence electrons. The van der Waals surface area contributed by atoms with Crippen LogP contribution in [0.25, 0.3) is 0 Å². The Balaban J connectivity index is 1.88. The fraction of sp³-hybridized carbons (Fsp3) is 0.308. The molecule has 4 heteroatoms. The number of benzene rings is 1. The number of hydrogen-bond acceptors (Lipinski definition) is 4. The number of allylic oxidation sites excluding steroid dienone is 1. The zero-order chi connectivity index (χ0) is 11.8. The van der Waals surface area contributed by atoms with Gasteiger partial charge in [0.25, 0.3) is 0 Å². The molecule has 1 aromatic carbocycles. The molecule has 0 bridgehead atoms. The molecule has 0 fully saturated rings. The van der Waals surface area contributed by atoms with E-state index in [0.717, 1.165) is 11.3 Å². The lowest BCUT2D eigenvalue weighted by molar-refractivity contribution is -0.119. The van der Waals surface area contributed by atoms with Gasteiger partial charge in [0, 0.05) is 5.57 Å². The van der Waals surface area contributed by atoms with E-state index in [2.05, 4.69) is 0 Å². The minimum Gasteiger partial charge on any atom is -0.492 e. The van der Waals surface area contributed by atoms with Crippen LogP contribution in [0.3, 0.4) is 0 Å². The van der Waals surface area contributed by atoms with Crippen LogP contribution in [-0.2, 0) is 9.53 Å². The second kappa shape index (κ2) is 3.80. The summed E-state index contributed by atoms with van der Waals surface area (Å²) in [5.41, 5.74) is 1.60. The molecule has 3 rings (SSSR count). The summed E-state index contributed by atoms with van der Waals surface area (Å²) in [5, 5.41) is 0. The van der Waals surface area contributed by atoms with Crippen molar-refractivity contribution >= 4 is 5.78 Å². The predicted molar refractivity (Wildman–Crippen MR) is 59.8 cm³/mol. The van der Waals surface area contributed by atoms with Gasteiger partial charge in [-0.25, -0.2) is 0 Å². The van der Waals surface area contributed by atoms with Crippen LogP contribution in [0.2, 0.25) is 0 Å². The van der Waals surface area contributed by atoms with Gasteiger partial charge in [-0.15, -0.1) is 0 Å². The molecular weight excluding hydrogens is 220 g/mol. The average Bonchev–Trinajstić information content (AvgIpc) is 2.79. The topological polar surface area (TPSA) is 44.8 Å². The molecule has 1 atom stereocenters. The van der Waals surface area contributed by atoms with Crippen LogP contribution < -0.4 is 9.47 Å². The first-order chi connectivity index (χ1) is 8.24. The lowest BCUT2D eigenvalue weighted by Gasteiger charge is -2.21. The van der Waals surface area contributed by atoms with Crippen molar-refractivity contribution in [1.82, 2.24) is 0 Å². The molecule has 0 aromatic heterocycles. The van der Waals surface area contributed by atoms with Crippen LogP contribution >= 0.6 is 0 Å². The number of ketones is 1. The molecule has 0 N–H and O–H groups in total. The van der Waals surface area contributed by atoms with Gasteiger partial charge in [0.05, 0.1) is 12.7 Å². The number of fused-ring (bicyclic) bond motifs is 1.